The predicted molar refractivity (Wildman–Crippen MR) is 75.3 cm³/mol. The fraction of sp³-hybridized carbons (Fsp3) is 0.571. The van der Waals surface area contributed by atoms with Crippen molar-refractivity contribution < 1.29 is 14.5 Å². The van der Waals surface area contributed by atoms with Crippen molar-refractivity contribution in [2.45, 2.75) is 45.2 Å². The molecule has 1 aliphatic heterocycles. The highest BCUT2D eigenvalue weighted by molar-refractivity contribution is 7.62. The summed E-state index contributed by atoms with van der Waals surface area (Å²) >= 11 is 0. The van der Waals surface area contributed by atoms with Gasteiger partial charge in [-0.3, -0.25) is 0 Å². The highest BCUT2D eigenvalue weighted by Gasteiger charge is 2.50. The smallest absolute Gasteiger partial charge is 0.229 e. The molecule has 0 bridgehead atoms. The summed E-state index contributed by atoms with van der Waals surface area (Å²) in [5.74, 6) is -1.08. The van der Waals surface area contributed by atoms with E-state index in [0.717, 1.165) is 6.42 Å². The lowest BCUT2D eigenvalue weighted by atomic mass is 10.2. The van der Waals surface area contributed by atoms with Gasteiger partial charge in [0.2, 0.25) is 13.7 Å². The minimum absolute atomic E-state index is 0.0803. The zero-order valence-electron chi connectivity index (χ0n) is 11.7. The first-order valence-electron chi connectivity index (χ1n) is 6.73. The van der Waals surface area contributed by atoms with Crippen LogP contribution in [0.25, 0.3) is 0 Å². The van der Waals surface area contributed by atoms with Gasteiger partial charge in [0.1, 0.15) is 6.10 Å². The van der Waals surface area contributed by atoms with Gasteiger partial charge in [-0.1, -0.05) is 30.3 Å². The highest BCUT2D eigenvalue weighted by Crippen LogP contribution is 2.68. The van der Waals surface area contributed by atoms with Gasteiger partial charge >= 0.3 is 0 Å². The van der Waals surface area contributed by atoms with Crippen LogP contribution in [-0.4, -0.2) is 28.5 Å². The summed E-state index contributed by atoms with van der Waals surface area (Å²) in [6.07, 6.45) is 0.753. The number of hydrogen-bond donors (Lipinski definition) is 1. The summed E-state index contributed by atoms with van der Waals surface area (Å²) in [6.45, 7) is 6.55. The van der Waals surface area contributed by atoms with Gasteiger partial charge in [0, 0.05) is 18.2 Å². The molecule has 1 aromatic rings. The molecule has 0 spiro atoms. The largest absolute Gasteiger partial charge is 0.639 e. The molecule has 0 radical (unpaired) electrons. The van der Waals surface area contributed by atoms with E-state index in [1.165, 1.54) is 0 Å². The number of hydrogen-bond acceptors (Lipinski definition) is 4. The maximum Gasteiger partial charge on any atom is 0.229 e. The Balaban J connectivity index is 2.31. The minimum atomic E-state index is -3.26. The lowest BCUT2D eigenvalue weighted by Crippen LogP contribution is -2.46. The van der Waals surface area contributed by atoms with Crippen LogP contribution in [0, 0.1) is 0 Å². The van der Waals surface area contributed by atoms with Crippen LogP contribution in [0.2, 0.25) is 0 Å². The lowest BCUT2D eigenvalue weighted by molar-refractivity contribution is -0.227. The first-order chi connectivity index (χ1) is 8.95. The second kappa shape index (κ2) is 5.86. The van der Waals surface area contributed by atoms with E-state index in [4.69, 9.17) is 4.52 Å². The normalized spacial score (nSPS) is 30.5. The molecule has 106 valence electrons. The Labute approximate surface area is 115 Å². The van der Waals surface area contributed by atoms with Crippen molar-refractivity contribution in [3.05, 3.63) is 35.9 Å². The third kappa shape index (κ3) is 2.99. The molecule has 5 heteroatoms. The number of rotatable bonds is 3. The van der Waals surface area contributed by atoms with Gasteiger partial charge in [0.05, 0.1) is 0 Å². The van der Waals surface area contributed by atoms with E-state index in [0.29, 0.717) is 12.1 Å². The van der Waals surface area contributed by atoms with Crippen LogP contribution in [0.1, 0.15) is 38.6 Å². The molecule has 0 aromatic heterocycles. The Hall–Kier alpha value is -0.510. The van der Waals surface area contributed by atoms with E-state index in [2.05, 4.69) is 0 Å². The number of nitrogens with zero attached hydrogens (tertiary/aromatic N) is 1. The van der Waals surface area contributed by atoms with Gasteiger partial charge in [-0.25, -0.2) is 4.52 Å². The topological polar surface area (TPSA) is 55.8 Å². The fourth-order valence-electron chi connectivity index (χ4n) is 2.42. The average Bonchev–Trinajstić information content (AvgIpc) is 2.38. The Morgan fingerprint density at radius 3 is 2.58 bits per heavy atom. The van der Waals surface area contributed by atoms with Crippen molar-refractivity contribution in [3.63, 3.8) is 0 Å². The van der Waals surface area contributed by atoms with Crippen LogP contribution in [0.5, 0.6) is 0 Å². The molecule has 4 nitrogen and oxygen atoms in total. The van der Waals surface area contributed by atoms with Crippen molar-refractivity contribution in [1.29, 1.82) is 0 Å². The van der Waals surface area contributed by atoms with Crippen LogP contribution in [-0.2, 0) is 4.52 Å². The van der Waals surface area contributed by atoms with Crippen LogP contribution < -0.4 is 4.89 Å². The Bertz CT molecular complexity index is 414. The molecule has 2 unspecified atom stereocenters. The van der Waals surface area contributed by atoms with E-state index in [-0.39, 0.29) is 12.1 Å². The molecule has 1 heterocycles. The monoisotopic (exact) mass is 283 g/mol. The number of benzene rings is 1. The van der Waals surface area contributed by atoms with Crippen LogP contribution in [0.3, 0.4) is 0 Å². The maximum atomic E-state index is 13.2. The van der Waals surface area contributed by atoms with Crippen molar-refractivity contribution >= 4 is 7.87 Å². The summed E-state index contributed by atoms with van der Waals surface area (Å²) in [6, 6.07) is 9.18. The molecular formula is C14H22NO3P. The third-order valence-corrected chi connectivity index (χ3v) is 6.41. The van der Waals surface area contributed by atoms with Gasteiger partial charge in [0.15, 0.2) is 0 Å². The van der Waals surface area contributed by atoms with Crippen molar-refractivity contribution in [2.24, 2.45) is 0 Å². The Morgan fingerprint density at radius 2 is 2.00 bits per heavy atom. The second-order valence-corrected chi connectivity index (χ2v) is 7.65. The predicted octanol–water partition coefficient (Wildman–Crippen LogP) is 2.32. The zero-order valence-corrected chi connectivity index (χ0v) is 12.6. The van der Waals surface area contributed by atoms with Crippen molar-refractivity contribution in [1.82, 2.24) is 4.67 Å². The molecular weight excluding hydrogens is 261 g/mol. The Morgan fingerprint density at radius 1 is 1.37 bits per heavy atom. The molecule has 1 N–H and O–H groups in total. The van der Waals surface area contributed by atoms with Crippen LogP contribution in [0.15, 0.2) is 30.3 Å². The van der Waals surface area contributed by atoms with Gasteiger partial charge in [0.25, 0.3) is 0 Å². The van der Waals surface area contributed by atoms with Crippen LogP contribution in [0.4, 0.5) is 0 Å². The second-order valence-electron chi connectivity index (χ2n) is 5.31. The average molecular weight is 283 g/mol. The molecule has 2 rings (SSSR count). The first-order valence-corrected chi connectivity index (χ1v) is 8.38. The first kappa shape index (κ1) is 14.9. The molecule has 1 saturated heterocycles. The van der Waals surface area contributed by atoms with E-state index >= 15 is 0 Å². The van der Waals surface area contributed by atoms with Gasteiger partial charge < -0.3 is 10.00 Å². The molecule has 1 aromatic carbocycles. The standard InChI is InChI=1S/C14H22NO3P/c1-11(2)15-10-9-12(3)18-19(15,17)14(16)13-7-5-4-6-8-13/h4-8,11-12,14,16H,9-10H2,1-3H3/t12?,14-,19?/m1/s1. The quantitative estimate of drug-likeness (QED) is 0.865. The van der Waals surface area contributed by atoms with Gasteiger partial charge in [-0.2, -0.15) is 4.67 Å². The summed E-state index contributed by atoms with van der Waals surface area (Å²) < 4.78 is 7.51. The number of aliphatic hydroxyl groups excluding tert-OH is 1. The summed E-state index contributed by atoms with van der Waals surface area (Å²) in [4.78, 5) is 13.2. The van der Waals surface area contributed by atoms with Crippen molar-refractivity contribution in [2.75, 3.05) is 6.54 Å². The highest BCUT2D eigenvalue weighted by atomic mass is 31.2. The molecule has 0 amide bonds. The number of aliphatic hydroxyl groups is 1. The fourth-order valence-corrected chi connectivity index (χ4v) is 5.14. The van der Waals surface area contributed by atoms with Gasteiger partial charge in [-0.15, -0.1) is 0 Å². The lowest BCUT2D eigenvalue weighted by Gasteiger charge is -2.47. The molecule has 0 aliphatic carbocycles. The van der Waals surface area contributed by atoms with Crippen LogP contribution >= 0.6 is 7.87 Å². The van der Waals surface area contributed by atoms with E-state index in [1.807, 2.05) is 43.6 Å². The zero-order chi connectivity index (χ0) is 14.0. The SMILES string of the molecule is CC1CCN(C(C)C)[P+]([O-])([C@@H](O)c2ccccc2)O1. The van der Waals surface area contributed by atoms with Gasteiger partial charge in [-0.05, 0) is 27.2 Å². The molecule has 19 heavy (non-hydrogen) atoms. The van der Waals surface area contributed by atoms with E-state index in [9.17, 15) is 10.00 Å². The van der Waals surface area contributed by atoms with E-state index < -0.39 is 13.7 Å². The van der Waals surface area contributed by atoms with Crippen molar-refractivity contribution in [3.8, 4) is 0 Å². The third-order valence-electron chi connectivity index (χ3n) is 3.46. The minimum Gasteiger partial charge on any atom is -0.639 e. The Kier molecular flexibility index (Phi) is 4.59. The summed E-state index contributed by atoms with van der Waals surface area (Å²) in [7, 11) is -3.26. The molecule has 1 fully saturated rings. The molecule has 1 aliphatic rings. The molecule has 0 saturated carbocycles. The van der Waals surface area contributed by atoms with E-state index in [1.54, 1.807) is 12.1 Å². The molecule has 3 atom stereocenters. The summed E-state index contributed by atoms with van der Waals surface area (Å²) in [5, 5.41) is 10.5. The maximum absolute atomic E-state index is 13.2. The summed E-state index contributed by atoms with van der Waals surface area (Å²) in [5.41, 5.74) is 0.644.